The highest BCUT2D eigenvalue weighted by atomic mass is 35.5. The van der Waals surface area contributed by atoms with Gasteiger partial charge in [0.2, 0.25) is 0 Å². The summed E-state index contributed by atoms with van der Waals surface area (Å²) in [7, 11) is 0. The summed E-state index contributed by atoms with van der Waals surface area (Å²) in [6.45, 7) is 2.73. The van der Waals surface area contributed by atoms with E-state index in [0.29, 0.717) is 24.2 Å². The van der Waals surface area contributed by atoms with E-state index in [2.05, 4.69) is 20.5 Å². The molecule has 7 nitrogen and oxygen atoms in total. The van der Waals surface area contributed by atoms with E-state index in [0.717, 1.165) is 11.4 Å². The number of nitrogens with one attached hydrogen (secondary N) is 1. The van der Waals surface area contributed by atoms with Crippen LogP contribution in [-0.4, -0.2) is 31.7 Å². The number of aromatic amines is 1. The molecular weight excluding hydrogens is 390 g/mol. The van der Waals surface area contributed by atoms with E-state index in [1.54, 1.807) is 22.9 Å². The van der Waals surface area contributed by atoms with Crippen LogP contribution < -0.4 is 10.5 Å². The molecule has 2 aromatic heterocycles. The smallest absolute Gasteiger partial charge is 0.285 e. The Labute approximate surface area is 163 Å². The van der Waals surface area contributed by atoms with Crippen LogP contribution in [0.4, 0.5) is 14.5 Å². The Morgan fingerprint density at radius 3 is 2.93 bits per heavy atom. The van der Waals surface area contributed by atoms with Crippen molar-refractivity contribution >= 4 is 17.3 Å². The van der Waals surface area contributed by atoms with Gasteiger partial charge in [-0.1, -0.05) is 41.1 Å². The Kier molecular flexibility index (Phi) is 4.84. The quantitative estimate of drug-likeness (QED) is 0.720. The van der Waals surface area contributed by atoms with Crippen molar-refractivity contribution in [3.8, 4) is 0 Å². The summed E-state index contributed by atoms with van der Waals surface area (Å²) < 4.78 is 28.2. The van der Waals surface area contributed by atoms with E-state index in [-0.39, 0.29) is 23.2 Å². The van der Waals surface area contributed by atoms with Crippen molar-refractivity contribution in [2.24, 2.45) is 0 Å². The van der Waals surface area contributed by atoms with Gasteiger partial charge in [0.1, 0.15) is 10.7 Å². The summed E-state index contributed by atoms with van der Waals surface area (Å²) in [5.41, 5.74) is 2.21. The number of H-pyrrole nitrogens is 1. The summed E-state index contributed by atoms with van der Waals surface area (Å²) in [6, 6.07) is 6.24. The molecule has 1 aromatic carbocycles. The molecule has 0 spiro atoms. The normalized spacial score (nSPS) is 16.5. The van der Waals surface area contributed by atoms with E-state index < -0.39 is 12.0 Å². The molecule has 146 valence electrons. The molecule has 0 saturated carbocycles. The first kappa shape index (κ1) is 18.5. The molecule has 0 amide bonds. The number of aromatic nitrogens is 5. The fourth-order valence-corrected chi connectivity index (χ4v) is 3.78. The maximum absolute atomic E-state index is 13.3. The van der Waals surface area contributed by atoms with Gasteiger partial charge in [0.05, 0.1) is 30.2 Å². The predicted octanol–water partition coefficient (Wildman–Crippen LogP) is 3.12. The van der Waals surface area contributed by atoms with E-state index in [4.69, 9.17) is 11.6 Å². The van der Waals surface area contributed by atoms with Crippen molar-refractivity contribution in [3.05, 3.63) is 68.4 Å². The number of halogens is 3. The zero-order valence-corrected chi connectivity index (χ0v) is 15.7. The van der Waals surface area contributed by atoms with Gasteiger partial charge in [0.25, 0.3) is 12.0 Å². The highest BCUT2D eigenvalue weighted by Crippen LogP contribution is 2.34. The van der Waals surface area contributed by atoms with Gasteiger partial charge >= 0.3 is 0 Å². The van der Waals surface area contributed by atoms with Gasteiger partial charge in [-0.2, -0.15) is 5.10 Å². The van der Waals surface area contributed by atoms with Gasteiger partial charge in [-0.05, 0) is 12.5 Å². The Balaban J connectivity index is 1.65. The molecule has 0 radical (unpaired) electrons. The lowest BCUT2D eigenvalue weighted by Gasteiger charge is -2.34. The number of anilines is 1. The second-order valence-corrected chi connectivity index (χ2v) is 6.97. The molecule has 10 heteroatoms. The van der Waals surface area contributed by atoms with Crippen LogP contribution in [0.5, 0.6) is 0 Å². The molecule has 1 aliphatic heterocycles. The van der Waals surface area contributed by atoms with Gasteiger partial charge < -0.3 is 4.90 Å². The van der Waals surface area contributed by atoms with Gasteiger partial charge in [-0.25, -0.2) is 18.6 Å². The summed E-state index contributed by atoms with van der Waals surface area (Å²) in [6.07, 6.45) is -0.447. The summed E-state index contributed by atoms with van der Waals surface area (Å²) >= 11 is 6.14. The Bertz CT molecular complexity index is 1070. The molecule has 1 atom stereocenters. The zero-order valence-electron chi connectivity index (χ0n) is 14.9. The summed E-state index contributed by atoms with van der Waals surface area (Å²) in [5.74, 6) is 0. The first-order valence-electron chi connectivity index (χ1n) is 8.75. The largest absolute Gasteiger partial charge is 0.360 e. The molecule has 0 aliphatic carbocycles. The van der Waals surface area contributed by atoms with Gasteiger partial charge in [-0.15, -0.1) is 5.10 Å². The minimum absolute atomic E-state index is 0.00130. The molecule has 0 unspecified atom stereocenters. The lowest BCUT2D eigenvalue weighted by Crippen LogP contribution is -2.36. The van der Waals surface area contributed by atoms with Crippen LogP contribution in [0.25, 0.3) is 0 Å². The van der Waals surface area contributed by atoms with Crippen LogP contribution in [0.3, 0.4) is 0 Å². The molecule has 4 rings (SSSR count). The van der Waals surface area contributed by atoms with Gasteiger partial charge in [0.15, 0.2) is 0 Å². The third-order valence-electron chi connectivity index (χ3n) is 5.02. The number of nitrogens with zero attached hydrogens (tertiary/aromatic N) is 5. The molecular formula is C18H17ClF2N6O. The first-order valence-corrected chi connectivity index (χ1v) is 9.13. The van der Waals surface area contributed by atoms with Crippen LogP contribution in [0.15, 0.2) is 35.3 Å². The number of fused-ring (bicyclic) bond motifs is 1. The van der Waals surface area contributed by atoms with Crippen LogP contribution in [0.1, 0.15) is 41.9 Å². The van der Waals surface area contributed by atoms with E-state index in [1.807, 2.05) is 11.8 Å². The minimum Gasteiger partial charge on any atom is -0.360 e. The average Bonchev–Trinajstić information content (AvgIpc) is 3.09. The number of benzene rings is 1. The monoisotopic (exact) mass is 406 g/mol. The van der Waals surface area contributed by atoms with Gasteiger partial charge in [0, 0.05) is 18.5 Å². The average molecular weight is 407 g/mol. The predicted molar refractivity (Wildman–Crippen MR) is 99.9 cm³/mol. The van der Waals surface area contributed by atoms with E-state index in [1.165, 1.54) is 12.3 Å². The minimum atomic E-state index is -2.55. The maximum Gasteiger partial charge on any atom is 0.285 e. The van der Waals surface area contributed by atoms with Crippen molar-refractivity contribution in [1.82, 2.24) is 25.2 Å². The number of hydrogen-bond acceptors (Lipinski definition) is 5. The van der Waals surface area contributed by atoms with Crippen LogP contribution in [-0.2, 0) is 13.0 Å². The van der Waals surface area contributed by atoms with Crippen molar-refractivity contribution in [1.29, 1.82) is 0 Å². The lowest BCUT2D eigenvalue weighted by molar-refractivity contribution is 0.150. The molecule has 1 N–H and O–H groups in total. The van der Waals surface area contributed by atoms with Crippen molar-refractivity contribution < 1.29 is 8.78 Å². The Hall–Kier alpha value is -2.81. The topological polar surface area (TPSA) is 79.7 Å². The SMILES string of the molecule is C[C@@H]1c2nnn(Cc3ccccc3C(F)F)c2CCN1c1cn[nH]c(=O)c1Cl. The van der Waals surface area contributed by atoms with Gasteiger partial charge in [-0.3, -0.25) is 4.79 Å². The standard InChI is InChI=1S/C18H17ClF2N6O/c1-10-16-13(6-7-26(10)14-8-22-24-18(28)15(14)19)27(25-23-16)9-11-4-2-3-5-12(11)17(20)21/h2-5,8,10,17H,6-7,9H2,1H3,(H,24,28)/t10-/m1/s1. The van der Waals surface area contributed by atoms with Crippen molar-refractivity contribution in [2.45, 2.75) is 32.4 Å². The zero-order chi connectivity index (χ0) is 19.8. The maximum atomic E-state index is 13.3. The molecule has 3 heterocycles. The van der Waals surface area contributed by atoms with Crippen LogP contribution >= 0.6 is 11.6 Å². The first-order chi connectivity index (χ1) is 13.5. The number of alkyl halides is 2. The second kappa shape index (κ2) is 7.31. The molecule has 3 aromatic rings. The Morgan fingerprint density at radius 2 is 2.14 bits per heavy atom. The fraction of sp³-hybridized carbons (Fsp3) is 0.333. The molecule has 0 saturated heterocycles. The van der Waals surface area contributed by atoms with Crippen LogP contribution in [0, 0.1) is 0 Å². The second-order valence-electron chi connectivity index (χ2n) is 6.60. The van der Waals surface area contributed by atoms with Crippen molar-refractivity contribution in [2.75, 3.05) is 11.4 Å². The van der Waals surface area contributed by atoms with E-state index in [9.17, 15) is 13.6 Å². The highest BCUT2D eigenvalue weighted by molar-refractivity contribution is 6.33. The van der Waals surface area contributed by atoms with Crippen LogP contribution in [0.2, 0.25) is 5.02 Å². The summed E-state index contributed by atoms with van der Waals surface area (Å²) in [4.78, 5) is 13.7. The molecule has 0 fully saturated rings. The Morgan fingerprint density at radius 1 is 1.36 bits per heavy atom. The molecule has 1 aliphatic rings. The fourth-order valence-electron chi connectivity index (χ4n) is 3.58. The summed E-state index contributed by atoms with van der Waals surface area (Å²) in [5, 5.41) is 14.7. The lowest BCUT2D eigenvalue weighted by atomic mass is 10.0. The third-order valence-corrected chi connectivity index (χ3v) is 5.38. The van der Waals surface area contributed by atoms with Crippen molar-refractivity contribution in [3.63, 3.8) is 0 Å². The molecule has 28 heavy (non-hydrogen) atoms. The number of hydrogen-bond donors (Lipinski definition) is 1. The molecule has 0 bridgehead atoms. The third kappa shape index (κ3) is 3.15. The number of rotatable bonds is 4. The highest BCUT2D eigenvalue weighted by Gasteiger charge is 2.31. The van der Waals surface area contributed by atoms with E-state index >= 15 is 0 Å².